The molecule has 0 amide bonds. The Morgan fingerprint density at radius 1 is 1.83 bits per heavy atom. The maximum absolute atomic E-state index is 9.00. The molecule has 6 heavy (non-hydrogen) atoms. The van der Waals surface area contributed by atoms with Crippen molar-refractivity contribution in [3.63, 3.8) is 0 Å². The van der Waals surface area contributed by atoms with Gasteiger partial charge in [-0.15, -0.1) is 0 Å². The normalized spacial score (nSPS) is 4.17. The molecule has 0 bridgehead atoms. The van der Waals surface area contributed by atoms with Crippen LogP contribution in [0.25, 0.3) is 0 Å². The Labute approximate surface area is 97.5 Å². The predicted molar refractivity (Wildman–Crippen MR) is 23.0 cm³/mol. The molecule has 32 valence electrons. The van der Waals surface area contributed by atoms with Crippen LogP contribution >= 0.6 is 0 Å². The molecule has 0 aliphatic rings. The molecular weight excluding hydrogens is 214 g/mol. The molecule has 2 nitrogen and oxygen atoms in total. The summed E-state index contributed by atoms with van der Waals surface area (Å²) in [4.78, 5) is 9.00. The summed E-state index contributed by atoms with van der Waals surface area (Å²) in [6, 6.07) is 0. The minimum absolute atomic E-state index is 0. The van der Waals surface area contributed by atoms with Gasteiger partial charge in [0.1, 0.15) is 0 Å². The standard InChI is InChI=1S/C2H4O2.K.Sn.3H/c1-2(3)4;;;;;/h1H3,(H,3,4);;;;;/q;+1;;;;-1. The van der Waals surface area contributed by atoms with E-state index in [4.69, 9.17) is 9.90 Å². The molecular formula is C2H7KO2Sn. The monoisotopic (exact) mass is 222 g/mol. The SMILES string of the molecule is CC(=O)O.[H-].[K+].[SnH2]. The Hall–Kier alpha value is 1.91. The second kappa shape index (κ2) is 10.0. The zero-order chi connectivity index (χ0) is 3.58. The third-order valence-electron chi connectivity index (χ3n) is 0. The van der Waals surface area contributed by atoms with E-state index < -0.39 is 5.97 Å². The van der Waals surface area contributed by atoms with Crippen molar-refractivity contribution in [2.45, 2.75) is 6.92 Å². The molecule has 0 saturated heterocycles. The number of rotatable bonds is 0. The van der Waals surface area contributed by atoms with Crippen molar-refractivity contribution in [1.29, 1.82) is 0 Å². The number of hydrogen-bond acceptors (Lipinski definition) is 1. The van der Waals surface area contributed by atoms with Crippen LogP contribution < -0.4 is 51.4 Å². The van der Waals surface area contributed by atoms with E-state index in [0.29, 0.717) is 0 Å². The first-order valence-electron chi connectivity index (χ1n) is 0.928. The summed E-state index contributed by atoms with van der Waals surface area (Å²) in [5.74, 6) is -0.833. The van der Waals surface area contributed by atoms with E-state index in [1.165, 1.54) is 0 Å². The van der Waals surface area contributed by atoms with Crippen LogP contribution in [0.5, 0.6) is 0 Å². The number of carbonyl (C=O) groups is 1. The number of aliphatic carboxylic acids is 1. The summed E-state index contributed by atoms with van der Waals surface area (Å²) >= 11 is 0. The molecule has 0 fully saturated rings. The average Bonchev–Trinajstić information content (AvgIpc) is 0.811. The van der Waals surface area contributed by atoms with Crippen molar-refractivity contribution in [1.82, 2.24) is 0 Å². The Morgan fingerprint density at radius 3 is 1.83 bits per heavy atom. The van der Waals surface area contributed by atoms with Crippen LogP contribution in [-0.4, -0.2) is 35.0 Å². The second-order valence-corrected chi connectivity index (χ2v) is 0.519. The summed E-state index contributed by atoms with van der Waals surface area (Å²) in [5.41, 5.74) is 0. The Kier molecular flexibility index (Phi) is 26.1. The molecule has 0 spiro atoms. The van der Waals surface area contributed by atoms with Gasteiger partial charge in [0, 0.05) is 6.92 Å². The second-order valence-electron chi connectivity index (χ2n) is 0.519. The topological polar surface area (TPSA) is 37.3 Å². The number of carboxylic acids is 1. The van der Waals surface area contributed by atoms with E-state index in [0.717, 1.165) is 6.92 Å². The van der Waals surface area contributed by atoms with Gasteiger partial charge in [-0.05, 0) is 0 Å². The predicted octanol–water partition coefficient (Wildman–Crippen LogP) is -3.71. The van der Waals surface area contributed by atoms with E-state index in [9.17, 15) is 0 Å². The molecule has 0 atom stereocenters. The molecule has 2 radical (unpaired) electrons. The zero-order valence-corrected chi connectivity index (χ0v) is 11.2. The van der Waals surface area contributed by atoms with Crippen molar-refractivity contribution in [3.8, 4) is 0 Å². The average molecular weight is 221 g/mol. The van der Waals surface area contributed by atoms with E-state index in [1.54, 1.807) is 0 Å². The molecule has 0 aromatic heterocycles. The summed E-state index contributed by atoms with van der Waals surface area (Å²) in [6.07, 6.45) is 0. The summed E-state index contributed by atoms with van der Waals surface area (Å²) < 4.78 is 0. The van der Waals surface area contributed by atoms with E-state index in [1.807, 2.05) is 0 Å². The van der Waals surface area contributed by atoms with Gasteiger partial charge in [0.25, 0.3) is 5.97 Å². The van der Waals surface area contributed by atoms with Crippen LogP contribution in [0.2, 0.25) is 0 Å². The van der Waals surface area contributed by atoms with Crippen molar-refractivity contribution >= 4 is 29.9 Å². The maximum atomic E-state index is 9.00. The third-order valence-corrected chi connectivity index (χ3v) is 0. The molecule has 0 unspecified atom stereocenters. The summed E-state index contributed by atoms with van der Waals surface area (Å²) in [6.45, 7) is 1.08. The van der Waals surface area contributed by atoms with Gasteiger partial charge >= 0.3 is 75.3 Å². The van der Waals surface area contributed by atoms with Crippen LogP contribution in [0, 0.1) is 0 Å². The first-order valence-corrected chi connectivity index (χ1v) is 0.928. The van der Waals surface area contributed by atoms with Gasteiger partial charge in [0.2, 0.25) is 0 Å². The molecule has 0 saturated carbocycles. The van der Waals surface area contributed by atoms with Gasteiger partial charge < -0.3 is 6.53 Å². The van der Waals surface area contributed by atoms with Gasteiger partial charge in [0.15, 0.2) is 0 Å². The third kappa shape index (κ3) is 39.1. The molecule has 0 aromatic carbocycles. The van der Waals surface area contributed by atoms with E-state index in [2.05, 4.69) is 0 Å². The summed E-state index contributed by atoms with van der Waals surface area (Å²) in [7, 11) is 0. The fourth-order valence-electron chi connectivity index (χ4n) is 0. The molecule has 4 heteroatoms. The first kappa shape index (κ1) is 15.7. The molecule has 0 heterocycles. The van der Waals surface area contributed by atoms with E-state index in [-0.39, 0.29) is 76.7 Å². The number of hydrogen-bond donors (Lipinski definition) is 1. The summed E-state index contributed by atoms with van der Waals surface area (Å²) in [5, 5.41) is 7.42. The van der Waals surface area contributed by atoms with Crippen LogP contribution in [0.3, 0.4) is 0 Å². The van der Waals surface area contributed by atoms with Crippen LogP contribution in [-0.2, 0) is 4.79 Å². The molecule has 1 N–H and O–H groups in total. The fraction of sp³-hybridized carbons (Fsp3) is 0.500. The van der Waals surface area contributed by atoms with Gasteiger partial charge in [-0.2, -0.15) is 0 Å². The van der Waals surface area contributed by atoms with E-state index >= 15 is 0 Å². The Bertz CT molecular complexity index is 38.7. The van der Waals surface area contributed by atoms with Crippen LogP contribution in [0.1, 0.15) is 8.35 Å². The quantitative estimate of drug-likeness (QED) is 0.427. The molecule has 0 rings (SSSR count). The van der Waals surface area contributed by atoms with Crippen molar-refractivity contribution < 1.29 is 62.7 Å². The zero-order valence-electron chi connectivity index (χ0n) is 5.06. The van der Waals surface area contributed by atoms with Crippen molar-refractivity contribution in [2.75, 3.05) is 0 Å². The number of carboxylic acid groups (broad SMARTS) is 1. The minimum atomic E-state index is -0.833. The van der Waals surface area contributed by atoms with Gasteiger partial charge in [-0.3, -0.25) is 4.79 Å². The first-order chi connectivity index (χ1) is 1.73. The van der Waals surface area contributed by atoms with Crippen molar-refractivity contribution in [3.05, 3.63) is 0 Å². The Balaban J connectivity index is -0.0000000150. The van der Waals surface area contributed by atoms with Gasteiger partial charge in [0.05, 0.1) is 0 Å². The fourth-order valence-corrected chi connectivity index (χ4v) is 0. The van der Waals surface area contributed by atoms with Gasteiger partial charge in [-0.1, -0.05) is 0 Å². The molecule has 0 aliphatic carbocycles. The van der Waals surface area contributed by atoms with Gasteiger partial charge in [-0.25, -0.2) is 0 Å². The van der Waals surface area contributed by atoms with Crippen LogP contribution in [0.15, 0.2) is 0 Å². The van der Waals surface area contributed by atoms with Crippen molar-refractivity contribution in [2.24, 2.45) is 0 Å². The van der Waals surface area contributed by atoms with Crippen LogP contribution in [0.4, 0.5) is 0 Å². The molecule has 0 aliphatic heterocycles. The Morgan fingerprint density at radius 2 is 1.83 bits per heavy atom. The molecule has 0 aromatic rings.